The monoisotopic (exact) mass is 429 g/mol. The summed E-state index contributed by atoms with van der Waals surface area (Å²) in [5, 5.41) is 3.39. The number of carbonyl (C=O) groups is 1. The number of piperidine rings is 1. The predicted molar refractivity (Wildman–Crippen MR) is 116 cm³/mol. The Bertz CT molecular complexity index is 770. The van der Waals surface area contributed by atoms with Gasteiger partial charge in [-0.1, -0.05) is 24.9 Å². The van der Waals surface area contributed by atoms with Gasteiger partial charge in [-0.2, -0.15) is 0 Å². The minimum absolute atomic E-state index is 0.234. The summed E-state index contributed by atoms with van der Waals surface area (Å²) in [7, 11) is -3.59. The maximum absolute atomic E-state index is 12.4. The van der Waals surface area contributed by atoms with Gasteiger partial charge in [-0.25, -0.2) is 8.42 Å². The zero-order valence-electron chi connectivity index (χ0n) is 17.1. The van der Waals surface area contributed by atoms with Crippen LogP contribution in [0.25, 0.3) is 0 Å². The van der Waals surface area contributed by atoms with Crippen molar-refractivity contribution in [2.45, 2.75) is 52.0 Å². The van der Waals surface area contributed by atoms with Crippen LogP contribution in [0.4, 0.5) is 5.69 Å². The highest BCUT2D eigenvalue weighted by Gasteiger charge is 2.23. The lowest BCUT2D eigenvalue weighted by molar-refractivity contribution is -0.119. The van der Waals surface area contributed by atoms with E-state index in [1.807, 2.05) is 0 Å². The van der Waals surface area contributed by atoms with Crippen molar-refractivity contribution in [3.05, 3.63) is 28.8 Å². The van der Waals surface area contributed by atoms with Gasteiger partial charge in [0.05, 0.1) is 11.9 Å². The highest BCUT2D eigenvalue weighted by atomic mass is 35.5. The van der Waals surface area contributed by atoms with Gasteiger partial charge >= 0.3 is 0 Å². The van der Waals surface area contributed by atoms with E-state index >= 15 is 0 Å². The fourth-order valence-corrected chi connectivity index (χ4v) is 4.93. The molecule has 1 amide bonds. The van der Waals surface area contributed by atoms with Crippen molar-refractivity contribution in [1.82, 2.24) is 10.2 Å². The van der Waals surface area contributed by atoms with Crippen molar-refractivity contribution in [3.8, 4) is 0 Å². The van der Waals surface area contributed by atoms with Crippen LogP contribution in [0.5, 0.6) is 0 Å². The Kier molecular flexibility index (Phi) is 8.58. The first-order valence-electron chi connectivity index (χ1n) is 9.97. The van der Waals surface area contributed by atoms with Crippen molar-refractivity contribution < 1.29 is 13.2 Å². The van der Waals surface area contributed by atoms with E-state index in [0.717, 1.165) is 36.5 Å². The van der Waals surface area contributed by atoms with Gasteiger partial charge in [-0.3, -0.25) is 9.10 Å². The molecular formula is C20H32ClN3O3S. The number of hydrogen-bond donors (Lipinski definition) is 1. The lowest BCUT2D eigenvalue weighted by atomic mass is 10.00. The summed E-state index contributed by atoms with van der Waals surface area (Å²) < 4.78 is 25.6. The van der Waals surface area contributed by atoms with E-state index in [-0.39, 0.29) is 12.5 Å². The molecule has 8 heteroatoms. The molecule has 158 valence electrons. The molecule has 0 aliphatic carbocycles. The second kappa shape index (κ2) is 10.5. The number of benzene rings is 1. The molecule has 28 heavy (non-hydrogen) atoms. The van der Waals surface area contributed by atoms with E-state index in [9.17, 15) is 13.2 Å². The van der Waals surface area contributed by atoms with Crippen molar-refractivity contribution in [2.24, 2.45) is 0 Å². The second-order valence-electron chi connectivity index (χ2n) is 7.50. The van der Waals surface area contributed by atoms with Gasteiger partial charge in [-0.15, -0.1) is 0 Å². The molecule has 1 aromatic carbocycles. The SMILES string of the molecule is CCC1CCCCN1CCCNC(=O)CN(c1ccc(Cl)cc1C)S(C)(=O)=O. The summed E-state index contributed by atoms with van der Waals surface area (Å²) in [6.45, 7) is 6.41. The van der Waals surface area contributed by atoms with Gasteiger partial charge in [0, 0.05) is 24.2 Å². The number of anilines is 1. The van der Waals surface area contributed by atoms with Crippen LogP contribution in [0, 0.1) is 6.92 Å². The smallest absolute Gasteiger partial charge is 0.240 e. The van der Waals surface area contributed by atoms with Gasteiger partial charge < -0.3 is 10.2 Å². The van der Waals surface area contributed by atoms with E-state index in [2.05, 4.69) is 17.1 Å². The molecule has 1 heterocycles. The molecule has 2 rings (SSSR count). The average Bonchev–Trinajstić information content (AvgIpc) is 2.63. The molecule has 1 aliphatic heterocycles. The van der Waals surface area contributed by atoms with Gasteiger partial charge in [0.2, 0.25) is 15.9 Å². The standard InChI is InChI=1S/C20H32ClN3O3S/c1-4-18-8-5-6-12-23(18)13-7-11-22-20(25)15-24(28(3,26)27)19-10-9-17(21)14-16(19)2/h9-10,14,18H,4-8,11-13,15H2,1-3H3,(H,22,25). The Balaban J connectivity index is 1.88. The maximum atomic E-state index is 12.4. The lowest BCUT2D eigenvalue weighted by Gasteiger charge is -2.35. The molecular weight excluding hydrogens is 398 g/mol. The van der Waals surface area contributed by atoms with E-state index < -0.39 is 10.0 Å². The Labute approximate surface area is 174 Å². The number of likely N-dealkylation sites (tertiary alicyclic amines) is 1. The largest absolute Gasteiger partial charge is 0.354 e. The molecule has 1 saturated heterocycles. The number of halogens is 1. The third-order valence-corrected chi connectivity index (χ3v) is 6.64. The Morgan fingerprint density at radius 1 is 1.36 bits per heavy atom. The maximum Gasteiger partial charge on any atom is 0.240 e. The Morgan fingerprint density at radius 2 is 2.11 bits per heavy atom. The van der Waals surface area contributed by atoms with Crippen LogP contribution in [0.15, 0.2) is 18.2 Å². The summed E-state index contributed by atoms with van der Waals surface area (Å²) in [5.41, 5.74) is 1.18. The van der Waals surface area contributed by atoms with Crippen LogP contribution >= 0.6 is 11.6 Å². The quantitative estimate of drug-likeness (QED) is 0.612. The van der Waals surface area contributed by atoms with E-state index in [0.29, 0.717) is 28.9 Å². The van der Waals surface area contributed by atoms with Gasteiger partial charge in [-0.05, 0) is 62.9 Å². The molecule has 1 fully saturated rings. The van der Waals surface area contributed by atoms with Crippen molar-refractivity contribution in [3.63, 3.8) is 0 Å². The first-order valence-corrected chi connectivity index (χ1v) is 12.2. The zero-order valence-corrected chi connectivity index (χ0v) is 18.7. The van der Waals surface area contributed by atoms with Gasteiger partial charge in [0.1, 0.15) is 6.54 Å². The molecule has 1 atom stereocenters. The van der Waals surface area contributed by atoms with E-state index in [1.54, 1.807) is 25.1 Å². The number of rotatable bonds is 9. The number of carbonyl (C=O) groups excluding carboxylic acids is 1. The van der Waals surface area contributed by atoms with Crippen molar-refractivity contribution >= 4 is 33.2 Å². The van der Waals surface area contributed by atoms with Crippen LogP contribution in [-0.4, -0.2) is 57.7 Å². The van der Waals surface area contributed by atoms with E-state index in [4.69, 9.17) is 11.6 Å². The van der Waals surface area contributed by atoms with E-state index in [1.165, 1.54) is 19.3 Å². The van der Waals surface area contributed by atoms with Crippen LogP contribution in [0.2, 0.25) is 5.02 Å². The predicted octanol–water partition coefficient (Wildman–Crippen LogP) is 3.19. The summed E-state index contributed by atoms with van der Waals surface area (Å²) >= 11 is 5.96. The summed E-state index contributed by atoms with van der Waals surface area (Å²) in [4.78, 5) is 14.9. The normalized spacial score (nSPS) is 18.1. The molecule has 0 spiro atoms. The summed E-state index contributed by atoms with van der Waals surface area (Å²) in [6, 6.07) is 5.60. The second-order valence-corrected chi connectivity index (χ2v) is 9.84. The number of nitrogens with one attached hydrogen (secondary N) is 1. The molecule has 1 aliphatic rings. The fraction of sp³-hybridized carbons (Fsp3) is 0.650. The van der Waals surface area contributed by atoms with Crippen LogP contribution in [0.1, 0.15) is 44.6 Å². The van der Waals surface area contributed by atoms with Crippen molar-refractivity contribution in [1.29, 1.82) is 0 Å². The summed E-state index contributed by atoms with van der Waals surface area (Å²) in [5.74, 6) is -0.300. The number of hydrogen-bond acceptors (Lipinski definition) is 4. The number of sulfonamides is 1. The molecule has 1 N–H and O–H groups in total. The fourth-order valence-electron chi connectivity index (χ4n) is 3.79. The molecule has 0 bridgehead atoms. The molecule has 1 unspecified atom stereocenters. The van der Waals surface area contributed by atoms with Crippen LogP contribution < -0.4 is 9.62 Å². The first kappa shape index (κ1) is 23.0. The van der Waals surface area contributed by atoms with Gasteiger partial charge in [0.15, 0.2) is 0 Å². The molecule has 0 aromatic heterocycles. The topological polar surface area (TPSA) is 69.7 Å². The minimum atomic E-state index is -3.59. The third-order valence-electron chi connectivity index (χ3n) is 5.28. The highest BCUT2D eigenvalue weighted by Crippen LogP contribution is 2.25. The minimum Gasteiger partial charge on any atom is -0.354 e. The van der Waals surface area contributed by atoms with Crippen LogP contribution in [0.3, 0.4) is 0 Å². The first-order chi connectivity index (χ1) is 13.2. The molecule has 0 saturated carbocycles. The lowest BCUT2D eigenvalue weighted by Crippen LogP contribution is -2.42. The number of aryl methyl sites for hydroxylation is 1. The summed E-state index contributed by atoms with van der Waals surface area (Å²) in [6.07, 6.45) is 6.93. The van der Waals surface area contributed by atoms with Crippen LogP contribution in [-0.2, 0) is 14.8 Å². The zero-order chi connectivity index (χ0) is 20.7. The Hall–Kier alpha value is -1.31. The molecule has 1 aromatic rings. The highest BCUT2D eigenvalue weighted by molar-refractivity contribution is 7.92. The van der Waals surface area contributed by atoms with Gasteiger partial charge in [0.25, 0.3) is 0 Å². The molecule has 6 nitrogen and oxygen atoms in total. The molecule has 0 radical (unpaired) electrons. The number of nitrogens with zero attached hydrogens (tertiary/aromatic N) is 2. The average molecular weight is 430 g/mol. The number of amides is 1. The third kappa shape index (κ3) is 6.64. The van der Waals surface area contributed by atoms with Crippen molar-refractivity contribution in [2.75, 3.05) is 36.7 Å². The Morgan fingerprint density at radius 3 is 2.75 bits per heavy atom.